The van der Waals surface area contributed by atoms with Crippen LogP contribution in [0.4, 0.5) is 0 Å². The molecule has 2 rings (SSSR count). The van der Waals surface area contributed by atoms with E-state index in [0.29, 0.717) is 19.6 Å². The van der Waals surface area contributed by atoms with Gasteiger partial charge in [0.15, 0.2) is 0 Å². The number of ether oxygens (including phenoxy) is 2. The van der Waals surface area contributed by atoms with Gasteiger partial charge >= 0.3 is 5.97 Å². The third-order valence-electron chi connectivity index (χ3n) is 3.84. The predicted molar refractivity (Wildman–Crippen MR) is 87.4 cm³/mol. The van der Waals surface area contributed by atoms with Crippen LogP contribution < -0.4 is 0 Å². The summed E-state index contributed by atoms with van der Waals surface area (Å²) in [6, 6.07) is 10.1. The van der Waals surface area contributed by atoms with Gasteiger partial charge in [0.25, 0.3) is 0 Å². The Morgan fingerprint density at radius 3 is 2.82 bits per heavy atom. The van der Waals surface area contributed by atoms with Crippen molar-refractivity contribution in [2.45, 2.75) is 52.2 Å². The maximum atomic E-state index is 12.0. The third kappa shape index (κ3) is 6.02. The summed E-state index contributed by atoms with van der Waals surface area (Å²) in [4.78, 5) is 12.0. The molecule has 0 fully saturated rings. The van der Waals surface area contributed by atoms with Crippen molar-refractivity contribution < 1.29 is 14.3 Å². The van der Waals surface area contributed by atoms with Gasteiger partial charge in [0.2, 0.25) is 0 Å². The van der Waals surface area contributed by atoms with Crippen LogP contribution in [0.15, 0.2) is 42.0 Å². The first-order chi connectivity index (χ1) is 10.6. The molecule has 0 aliphatic heterocycles. The summed E-state index contributed by atoms with van der Waals surface area (Å²) < 4.78 is 11.2. The number of allylic oxidation sites excluding steroid dienone is 1. The first kappa shape index (κ1) is 16.8. The summed E-state index contributed by atoms with van der Waals surface area (Å²) in [5, 5.41) is 0. The number of benzene rings is 1. The molecule has 3 nitrogen and oxygen atoms in total. The van der Waals surface area contributed by atoms with Crippen molar-refractivity contribution in [3.05, 3.63) is 47.5 Å². The van der Waals surface area contributed by atoms with E-state index in [-0.39, 0.29) is 18.0 Å². The molecule has 0 N–H and O–H groups in total. The minimum atomic E-state index is -0.119. The van der Waals surface area contributed by atoms with Gasteiger partial charge in [-0.1, -0.05) is 42.8 Å². The maximum Gasteiger partial charge on any atom is 0.306 e. The molecular formula is C19H26O3. The van der Waals surface area contributed by atoms with Crippen molar-refractivity contribution in [1.82, 2.24) is 0 Å². The smallest absolute Gasteiger partial charge is 0.306 e. The monoisotopic (exact) mass is 302 g/mol. The van der Waals surface area contributed by atoms with E-state index in [4.69, 9.17) is 9.47 Å². The Labute approximate surface area is 133 Å². The Bertz CT molecular complexity index is 493. The highest BCUT2D eigenvalue weighted by Gasteiger charge is 2.17. The summed E-state index contributed by atoms with van der Waals surface area (Å²) in [6.07, 6.45) is 5.64. The molecule has 1 aliphatic carbocycles. The Morgan fingerprint density at radius 1 is 1.32 bits per heavy atom. The van der Waals surface area contributed by atoms with Crippen LogP contribution in [0.25, 0.3) is 0 Å². The van der Waals surface area contributed by atoms with E-state index in [1.165, 1.54) is 5.57 Å². The number of esters is 1. The van der Waals surface area contributed by atoms with E-state index < -0.39 is 0 Å². The summed E-state index contributed by atoms with van der Waals surface area (Å²) >= 11 is 0. The van der Waals surface area contributed by atoms with Crippen LogP contribution >= 0.6 is 0 Å². The van der Waals surface area contributed by atoms with E-state index in [9.17, 15) is 4.79 Å². The fourth-order valence-corrected chi connectivity index (χ4v) is 2.67. The zero-order valence-corrected chi connectivity index (χ0v) is 13.6. The second kappa shape index (κ2) is 8.74. The lowest BCUT2D eigenvalue weighted by molar-refractivity contribution is -0.148. The lowest BCUT2D eigenvalue weighted by atomic mass is 9.98. The SMILES string of the molecule is CC1=C[C@H](OC(=O)C[C@@H](C)COCc2ccccc2)CCC1. The molecule has 0 radical (unpaired) electrons. The number of hydrogen-bond donors (Lipinski definition) is 0. The molecule has 0 aromatic heterocycles. The lowest BCUT2D eigenvalue weighted by Gasteiger charge is -2.20. The number of carbonyl (C=O) groups is 1. The molecule has 1 aromatic rings. The van der Waals surface area contributed by atoms with Crippen molar-refractivity contribution >= 4 is 5.97 Å². The minimum absolute atomic E-state index is 0.0290. The van der Waals surface area contributed by atoms with Crippen LogP contribution in [0.3, 0.4) is 0 Å². The fraction of sp³-hybridized carbons (Fsp3) is 0.526. The average Bonchev–Trinajstić information content (AvgIpc) is 2.48. The molecule has 2 atom stereocenters. The van der Waals surface area contributed by atoms with Gasteiger partial charge in [-0.05, 0) is 43.7 Å². The van der Waals surface area contributed by atoms with Crippen LogP contribution in [-0.4, -0.2) is 18.7 Å². The molecule has 0 spiro atoms. The van der Waals surface area contributed by atoms with Crippen LogP contribution in [0.1, 0.15) is 45.1 Å². The third-order valence-corrected chi connectivity index (χ3v) is 3.84. The first-order valence-electron chi connectivity index (χ1n) is 8.12. The second-order valence-electron chi connectivity index (χ2n) is 6.24. The summed E-state index contributed by atoms with van der Waals surface area (Å²) in [7, 11) is 0. The molecule has 0 saturated heterocycles. The Hall–Kier alpha value is -1.61. The van der Waals surface area contributed by atoms with Crippen molar-refractivity contribution in [3.8, 4) is 0 Å². The summed E-state index contributed by atoms with van der Waals surface area (Å²) in [5.41, 5.74) is 2.48. The molecule has 120 valence electrons. The number of hydrogen-bond acceptors (Lipinski definition) is 3. The molecule has 22 heavy (non-hydrogen) atoms. The highest BCUT2D eigenvalue weighted by atomic mass is 16.5. The largest absolute Gasteiger partial charge is 0.458 e. The second-order valence-corrected chi connectivity index (χ2v) is 6.24. The van der Waals surface area contributed by atoms with Crippen LogP contribution in [0.2, 0.25) is 0 Å². The topological polar surface area (TPSA) is 35.5 Å². The Balaban J connectivity index is 1.65. The molecule has 0 saturated carbocycles. The lowest BCUT2D eigenvalue weighted by Crippen LogP contribution is -2.21. The standard InChI is InChI=1S/C19H26O3/c1-15-7-6-10-18(11-15)22-19(20)12-16(2)13-21-14-17-8-4-3-5-9-17/h3-5,8-9,11,16,18H,6-7,10,12-14H2,1-2H3/t16-,18-/m1/s1. The molecule has 3 heteroatoms. The van der Waals surface area contributed by atoms with E-state index in [0.717, 1.165) is 24.8 Å². The van der Waals surface area contributed by atoms with Crippen molar-refractivity contribution in [1.29, 1.82) is 0 Å². The van der Waals surface area contributed by atoms with Crippen molar-refractivity contribution in [3.63, 3.8) is 0 Å². The van der Waals surface area contributed by atoms with E-state index in [1.807, 2.05) is 37.3 Å². The van der Waals surface area contributed by atoms with E-state index in [1.54, 1.807) is 0 Å². The fourth-order valence-electron chi connectivity index (χ4n) is 2.67. The van der Waals surface area contributed by atoms with Gasteiger partial charge in [0, 0.05) is 0 Å². The van der Waals surface area contributed by atoms with Crippen molar-refractivity contribution in [2.24, 2.45) is 5.92 Å². The first-order valence-corrected chi connectivity index (χ1v) is 8.12. The molecule has 1 aliphatic rings. The Morgan fingerprint density at radius 2 is 2.09 bits per heavy atom. The molecule has 0 heterocycles. The minimum Gasteiger partial charge on any atom is -0.458 e. The molecule has 0 unspecified atom stereocenters. The molecule has 0 bridgehead atoms. The van der Waals surface area contributed by atoms with E-state index in [2.05, 4.69) is 13.0 Å². The molecular weight excluding hydrogens is 276 g/mol. The quantitative estimate of drug-likeness (QED) is 0.557. The highest BCUT2D eigenvalue weighted by molar-refractivity contribution is 5.70. The van der Waals surface area contributed by atoms with Crippen LogP contribution in [0.5, 0.6) is 0 Å². The van der Waals surface area contributed by atoms with Gasteiger partial charge in [-0.15, -0.1) is 0 Å². The van der Waals surface area contributed by atoms with E-state index >= 15 is 0 Å². The van der Waals surface area contributed by atoms with Gasteiger partial charge in [0.1, 0.15) is 6.10 Å². The average molecular weight is 302 g/mol. The van der Waals surface area contributed by atoms with Gasteiger partial charge in [0.05, 0.1) is 19.6 Å². The predicted octanol–water partition coefficient (Wildman–Crippen LogP) is 4.27. The van der Waals surface area contributed by atoms with Gasteiger partial charge in [-0.2, -0.15) is 0 Å². The number of carbonyl (C=O) groups excluding carboxylic acids is 1. The van der Waals surface area contributed by atoms with Crippen molar-refractivity contribution in [2.75, 3.05) is 6.61 Å². The highest BCUT2D eigenvalue weighted by Crippen LogP contribution is 2.20. The van der Waals surface area contributed by atoms with Gasteiger partial charge in [-0.3, -0.25) is 4.79 Å². The maximum absolute atomic E-state index is 12.0. The molecule has 1 aromatic carbocycles. The number of rotatable bonds is 7. The van der Waals surface area contributed by atoms with Crippen LogP contribution in [-0.2, 0) is 20.9 Å². The molecule has 0 amide bonds. The Kier molecular flexibility index (Phi) is 6.66. The zero-order chi connectivity index (χ0) is 15.8. The normalized spacial score (nSPS) is 19.4. The van der Waals surface area contributed by atoms with Gasteiger partial charge in [-0.25, -0.2) is 0 Å². The van der Waals surface area contributed by atoms with Crippen LogP contribution in [0, 0.1) is 5.92 Å². The summed E-state index contributed by atoms with van der Waals surface area (Å²) in [6.45, 7) is 5.28. The summed E-state index contributed by atoms with van der Waals surface area (Å²) in [5.74, 6) is 0.0524. The van der Waals surface area contributed by atoms with Gasteiger partial charge < -0.3 is 9.47 Å². The zero-order valence-electron chi connectivity index (χ0n) is 13.6.